The average molecular weight is 373 g/mol. The maximum absolute atomic E-state index is 11.5. The van der Waals surface area contributed by atoms with Gasteiger partial charge in [-0.1, -0.05) is 85.1 Å². The van der Waals surface area contributed by atoms with Crippen molar-refractivity contribution < 1.29 is 10.2 Å². The first-order valence-electron chi connectivity index (χ1n) is 6.49. The molecule has 0 radical (unpaired) electrons. The molecule has 116 valence electrons. The summed E-state index contributed by atoms with van der Waals surface area (Å²) in [7, 11) is 0. The van der Waals surface area contributed by atoms with Gasteiger partial charge in [-0.3, -0.25) is 0 Å². The molecule has 7 heteroatoms. The van der Waals surface area contributed by atoms with Gasteiger partial charge in [0.2, 0.25) is 0 Å². The van der Waals surface area contributed by atoms with Gasteiger partial charge in [-0.15, -0.1) is 0 Å². The van der Waals surface area contributed by atoms with Crippen LogP contribution in [0.1, 0.15) is 11.1 Å². The predicted molar refractivity (Wildman–Crippen MR) is 97.3 cm³/mol. The molecule has 0 amide bonds. The third kappa shape index (κ3) is 10.5. The largest absolute Gasteiger partial charge is 2.00 e. The minimum absolute atomic E-state index is 0. The van der Waals surface area contributed by atoms with Crippen LogP contribution in [-0.2, 0) is 13.1 Å². The molecule has 2 rings (SSSR count). The quantitative estimate of drug-likeness (QED) is 0.624. The third-order valence-electron chi connectivity index (χ3n) is 2.69. The van der Waals surface area contributed by atoms with Crippen molar-refractivity contribution in [2.45, 2.75) is 13.1 Å². The van der Waals surface area contributed by atoms with E-state index >= 15 is 0 Å². The molecule has 0 fully saturated rings. The van der Waals surface area contributed by atoms with Crippen LogP contribution in [0.15, 0.2) is 60.7 Å². The van der Waals surface area contributed by atoms with Gasteiger partial charge in [0.25, 0.3) is 0 Å². The summed E-state index contributed by atoms with van der Waals surface area (Å²) in [5.41, 5.74) is 6.47. The summed E-state index contributed by atoms with van der Waals surface area (Å²) in [5, 5.41) is 19.5. The van der Waals surface area contributed by atoms with Crippen LogP contribution >= 0.6 is 24.4 Å². The fourth-order valence-corrected chi connectivity index (χ4v) is 1.92. The molecule has 0 atom stereocenters. The number of thiocarbonyl (C=S) groups is 2. The topological polar surface area (TPSA) is 75.4 Å². The zero-order valence-electron chi connectivity index (χ0n) is 12.6. The molecule has 0 aromatic heterocycles. The Morgan fingerprint density at radius 1 is 0.826 bits per heavy atom. The standard InChI is InChI=1S/C15H15NOS.CH3NOS.Ca/c17-15(18)16(11-13-7-3-1-4-8-13)12-14-9-5-2-6-10-14;2-1(3)4;/h1-10H,11-12H2,(H,17,18);(H3,2,3,4);/q;;+2/p-2. The molecule has 0 aliphatic rings. The van der Waals surface area contributed by atoms with Gasteiger partial charge < -0.3 is 20.8 Å². The van der Waals surface area contributed by atoms with E-state index in [2.05, 4.69) is 18.0 Å². The Morgan fingerprint density at radius 3 is 1.39 bits per heavy atom. The summed E-state index contributed by atoms with van der Waals surface area (Å²) >= 11 is 8.54. The Hall–Kier alpha value is -0.920. The van der Waals surface area contributed by atoms with E-state index in [-0.39, 0.29) is 42.9 Å². The predicted octanol–water partition coefficient (Wildman–Crippen LogP) is 0.544. The second-order valence-electron chi connectivity index (χ2n) is 4.41. The van der Waals surface area contributed by atoms with E-state index in [1.807, 2.05) is 60.7 Å². The number of rotatable bonds is 4. The van der Waals surface area contributed by atoms with E-state index in [4.69, 9.17) is 17.3 Å². The maximum Gasteiger partial charge on any atom is 2.00 e. The number of benzene rings is 2. The van der Waals surface area contributed by atoms with E-state index in [1.54, 1.807) is 4.90 Å². The van der Waals surface area contributed by atoms with E-state index in [0.29, 0.717) is 13.1 Å². The number of hydrogen-bond acceptors (Lipinski definition) is 4. The molecule has 0 spiro atoms. The van der Waals surface area contributed by atoms with Crippen molar-refractivity contribution in [2.75, 3.05) is 0 Å². The molecule has 0 aliphatic heterocycles. The molecule has 0 aliphatic carbocycles. The zero-order valence-corrected chi connectivity index (χ0v) is 16.4. The zero-order chi connectivity index (χ0) is 16.4. The van der Waals surface area contributed by atoms with Gasteiger partial charge in [0.1, 0.15) is 0 Å². The monoisotopic (exact) mass is 372 g/mol. The molecule has 0 saturated heterocycles. The van der Waals surface area contributed by atoms with Crippen LogP contribution in [0.25, 0.3) is 0 Å². The van der Waals surface area contributed by atoms with E-state index in [1.165, 1.54) is 0 Å². The molecule has 0 saturated carbocycles. The van der Waals surface area contributed by atoms with Gasteiger partial charge in [-0.25, -0.2) is 0 Å². The van der Waals surface area contributed by atoms with Gasteiger partial charge in [-0.05, 0) is 11.1 Å². The van der Waals surface area contributed by atoms with Crippen LogP contribution in [0, 0.1) is 0 Å². The first-order valence-corrected chi connectivity index (χ1v) is 7.31. The molecule has 2 aromatic carbocycles. The van der Waals surface area contributed by atoms with Crippen LogP contribution in [0.5, 0.6) is 0 Å². The summed E-state index contributed by atoms with van der Waals surface area (Å²) in [6, 6.07) is 19.8. The van der Waals surface area contributed by atoms with Gasteiger partial charge in [0, 0.05) is 23.4 Å². The van der Waals surface area contributed by atoms with Crippen molar-refractivity contribution in [3.63, 3.8) is 0 Å². The second-order valence-corrected chi connectivity index (χ2v) is 5.16. The Kier molecular flexibility index (Phi) is 12.0. The third-order valence-corrected chi connectivity index (χ3v) is 2.95. The SMILES string of the molecule is NC([O-])=S.[Ca+2].[O-]C(=S)N(Cc1ccccc1)Cc1ccccc1. The van der Waals surface area contributed by atoms with E-state index < -0.39 is 5.17 Å². The van der Waals surface area contributed by atoms with Crippen LogP contribution in [0.3, 0.4) is 0 Å². The smallest absolute Gasteiger partial charge is 0.852 e. The fourth-order valence-electron chi connectivity index (χ4n) is 1.79. The molecule has 0 bridgehead atoms. The molecule has 0 unspecified atom stereocenters. The summed E-state index contributed by atoms with van der Waals surface area (Å²) in [6.45, 7) is 1.11. The summed E-state index contributed by atoms with van der Waals surface area (Å²) < 4.78 is 0. The minimum Gasteiger partial charge on any atom is -0.852 e. The number of hydrogen-bond donors (Lipinski definition) is 1. The first kappa shape index (κ1) is 22.1. The Morgan fingerprint density at radius 2 is 1.13 bits per heavy atom. The van der Waals surface area contributed by atoms with Crippen molar-refractivity contribution in [3.8, 4) is 0 Å². The van der Waals surface area contributed by atoms with Gasteiger partial charge in [-0.2, -0.15) is 0 Å². The van der Waals surface area contributed by atoms with Crippen LogP contribution in [-0.4, -0.2) is 53.0 Å². The van der Waals surface area contributed by atoms with Crippen molar-refractivity contribution in [1.82, 2.24) is 4.90 Å². The van der Waals surface area contributed by atoms with Gasteiger partial charge in [0.15, 0.2) is 0 Å². The second kappa shape index (κ2) is 12.5. The Labute approximate surface area is 176 Å². The molecular weight excluding hydrogens is 356 g/mol. The fraction of sp³-hybridized carbons (Fsp3) is 0.125. The molecule has 2 aromatic rings. The van der Waals surface area contributed by atoms with E-state index in [0.717, 1.165) is 11.1 Å². The number of nitrogens with two attached hydrogens (primary N) is 1. The van der Waals surface area contributed by atoms with Crippen LogP contribution in [0.2, 0.25) is 0 Å². The Balaban J connectivity index is 0.000000871. The molecule has 23 heavy (non-hydrogen) atoms. The van der Waals surface area contributed by atoms with Gasteiger partial charge >= 0.3 is 37.7 Å². The molecule has 2 N–H and O–H groups in total. The van der Waals surface area contributed by atoms with Crippen molar-refractivity contribution in [1.29, 1.82) is 0 Å². The van der Waals surface area contributed by atoms with Crippen LogP contribution in [0.4, 0.5) is 0 Å². The normalized spacial score (nSPS) is 8.87. The van der Waals surface area contributed by atoms with Crippen molar-refractivity contribution in [3.05, 3.63) is 71.8 Å². The van der Waals surface area contributed by atoms with Crippen molar-refractivity contribution in [2.24, 2.45) is 5.73 Å². The summed E-state index contributed by atoms with van der Waals surface area (Å²) in [6.07, 6.45) is 0. The van der Waals surface area contributed by atoms with Crippen molar-refractivity contribution >= 4 is 72.5 Å². The maximum atomic E-state index is 11.5. The molecular formula is C16H16CaN2O2S2. The summed E-state index contributed by atoms with van der Waals surface area (Å²) in [4.78, 5) is 1.67. The Bertz CT molecular complexity index is 552. The van der Waals surface area contributed by atoms with Gasteiger partial charge in [0.05, 0.1) is 0 Å². The molecule has 0 heterocycles. The molecule has 4 nitrogen and oxygen atoms in total. The van der Waals surface area contributed by atoms with E-state index in [9.17, 15) is 5.11 Å². The summed E-state index contributed by atoms with van der Waals surface area (Å²) in [5.74, 6) is 0. The van der Waals surface area contributed by atoms with Crippen LogP contribution < -0.4 is 15.9 Å². The minimum atomic E-state index is -0.750. The number of nitrogens with zero attached hydrogens (tertiary/aromatic N) is 1. The average Bonchev–Trinajstić information content (AvgIpc) is 2.48. The first-order chi connectivity index (χ1) is 10.5.